The Morgan fingerprint density at radius 1 is 1.22 bits per heavy atom. The Morgan fingerprint density at radius 2 is 2.00 bits per heavy atom. The Morgan fingerprint density at radius 3 is 2.67 bits per heavy atom. The van der Waals surface area contributed by atoms with Crippen molar-refractivity contribution in [2.75, 3.05) is 26.9 Å². The maximum absolute atomic E-state index is 9.41. The van der Waals surface area contributed by atoms with Crippen LogP contribution in [0.25, 0.3) is 0 Å². The normalized spacial score (nSPS) is 12.4. The quantitative estimate of drug-likeness (QED) is 0.687. The predicted molar refractivity (Wildman–Crippen MR) is 73.0 cm³/mol. The van der Waals surface area contributed by atoms with Crippen LogP contribution in [0.3, 0.4) is 0 Å². The van der Waals surface area contributed by atoms with Crippen molar-refractivity contribution >= 4 is 0 Å². The molecule has 1 unspecified atom stereocenters. The maximum atomic E-state index is 9.41. The molecule has 1 rings (SSSR count). The minimum atomic E-state index is 0.188. The van der Waals surface area contributed by atoms with Gasteiger partial charge in [0.1, 0.15) is 5.75 Å². The lowest BCUT2D eigenvalue weighted by molar-refractivity contribution is 0.106. The third kappa shape index (κ3) is 5.07. The minimum Gasteiger partial charge on any atom is -0.496 e. The molecule has 102 valence electrons. The standard InChI is InChI=1S/C15H24O3/c1-3-9-18-10-8-13(12-16)11-14-6-4-5-7-15(14)17-2/h4-7,13,16H,3,8-12H2,1-2H3. The number of aliphatic hydroxyl groups is 1. The largest absolute Gasteiger partial charge is 0.496 e. The van der Waals surface area contributed by atoms with Crippen molar-refractivity contribution in [3.63, 3.8) is 0 Å². The molecule has 0 radical (unpaired) electrons. The summed E-state index contributed by atoms with van der Waals surface area (Å²) in [6.45, 7) is 3.80. The number of hydrogen-bond donors (Lipinski definition) is 1. The van der Waals surface area contributed by atoms with Crippen molar-refractivity contribution in [2.24, 2.45) is 5.92 Å². The minimum absolute atomic E-state index is 0.188. The van der Waals surface area contributed by atoms with Crippen LogP contribution in [-0.2, 0) is 11.2 Å². The van der Waals surface area contributed by atoms with Crippen molar-refractivity contribution < 1.29 is 14.6 Å². The van der Waals surface area contributed by atoms with Gasteiger partial charge in [-0.15, -0.1) is 0 Å². The first-order valence-electron chi connectivity index (χ1n) is 6.62. The number of methoxy groups -OCH3 is 1. The Bertz CT molecular complexity index is 325. The average molecular weight is 252 g/mol. The Balaban J connectivity index is 2.46. The van der Waals surface area contributed by atoms with Gasteiger partial charge in [0.15, 0.2) is 0 Å². The van der Waals surface area contributed by atoms with Crippen LogP contribution in [0, 0.1) is 5.92 Å². The van der Waals surface area contributed by atoms with E-state index in [4.69, 9.17) is 9.47 Å². The Hall–Kier alpha value is -1.06. The highest BCUT2D eigenvalue weighted by Crippen LogP contribution is 2.22. The summed E-state index contributed by atoms with van der Waals surface area (Å²) in [6, 6.07) is 7.96. The second-order valence-corrected chi connectivity index (χ2v) is 4.47. The van der Waals surface area contributed by atoms with Gasteiger partial charge in [0.2, 0.25) is 0 Å². The van der Waals surface area contributed by atoms with E-state index in [1.807, 2.05) is 24.3 Å². The molecular formula is C15H24O3. The van der Waals surface area contributed by atoms with Crippen LogP contribution in [0.4, 0.5) is 0 Å². The van der Waals surface area contributed by atoms with E-state index in [-0.39, 0.29) is 12.5 Å². The lowest BCUT2D eigenvalue weighted by Crippen LogP contribution is -2.13. The van der Waals surface area contributed by atoms with Gasteiger partial charge in [0, 0.05) is 19.8 Å². The molecule has 0 aromatic heterocycles. The molecule has 0 bridgehead atoms. The van der Waals surface area contributed by atoms with Crippen molar-refractivity contribution in [3.05, 3.63) is 29.8 Å². The summed E-state index contributed by atoms with van der Waals surface area (Å²) >= 11 is 0. The molecule has 1 aromatic rings. The van der Waals surface area contributed by atoms with Crippen LogP contribution in [0.5, 0.6) is 5.75 Å². The fourth-order valence-electron chi connectivity index (χ4n) is 1.94. The van der Waals surface area contributed by atoms with Gasteiger partial charge in [-0.2, -0.15) is 0 Å². The highest BCUT2D eigenvalue weighted by Gasteiger charge is 2.11. The van der Waals surface area contributed by atoms with Gasteiger partial charge in [0.25, 0.3) is 0 Å². The molecule has 0 heterocycles. The smallest absolute Gasteiger partial charge is 0.122 e. The van der Waals surface area contributed by atoms with Gasteiger partial charge in [-0.05, 0) is 36.8 Å². The molecule has 1 aromatic carbocycles. The fraction of sp³-hybridized carbons (Fsp3) is 0.600. The Kier molecular flexibility index (Phi) is 7.46. The van der Waals surface area contributed by atoms with Crippen LogP contribution in [0.1, 0.15) is 25.3 Å². The number of hydrogen-bond acceptors (Lipinski definition) is 3. The zero-order valence-corrected chi connectivity index (χ0v) is 11.4. The molecule has 0 saturated heterocycles. The van der Waals surface area contributed by atoms with E-state index in [9.17, 15) is 5.11 Å². The number of para-hydroxylation sites is 1. The van der Waals surface area contributed by atoms with Gasteiger partial charge in [-0.3, -0.25) is 0 Å². The summed E-state index contributed by atoms with van der Waals surface area (Å²) in [5.74, 6) is 1.13. The molecule has 0 fully saturated rings. The molecule has 18 heavy (non-hydrogen) atoms. The first kappa shape index (κ1) is 15.0. The van der Waals surface area contributed by atoms with Crippen molar-refractivity contribution in [3.8, 4) is 5.75 Å². The number of benzene rings is 1. The molecule has 0 amide bonds. The van der Waals surface area contributed by atoms with Gasteiger partial charge in [-0.1, -0.05) is 25.1 Å². The van der Waals surface area contributed by atoms with E-state index in [0.717, 1.165) is 37.2 Å². The number of aliphatic hydroxyl groups excluding tert-OH is 1. The SMILES string of the molecule is CCCOCCC(CO)Cc1ccccc1OC. The van der Waals surface area contributed by atoms with Gasteiger partial charge in [-0.25, -0.2) is 0 Å². The van der Waals surface area contributed by atoms with Crippen LogP contribution in [-0.4, -0.2) is 32.0 Å². The molecule has 0 aliphatic rings. The number of ether oxygens (including phenoxy) is 2. The molecule has 1 N–H and O–H groups in total. The van der Waals surface area contributed by atoms with Gasteiger partial charge in [0.05, 0.1) is 7.11 Å². The maximum Gasteiger partial charge on any atom is 0.122 e. The van der Waals surface area contributed by atoms with Crippen molar-refractivity contribution in [2.45, 2.75) is 26.2 Å². The van der Waals surface area contributed by atoms with E-state index in [2.05, 4.69) is 6.92 Å². The van der Waals surface area contributed by atoms with E-state index in [0.29, 0.717) is 6.61 Å². The van der Waals surface area contributed by atoms with Gasteiger partial charge < -0.3 is 14.6 Å². The second-order valence-electron chi connectivity index (χ2n) is 4.47. The molecule has 0 spiro atoms. The first-order chi connectivity index (χ1) is 8.81. The molecular weight excluding hydrogens is 228 g/mol. The lowest BCUT2D eigenvalue weighted by atomic mass is 9.97. The van der Waals surface area contributed by atoms with E-state index in [1.165, 1.54) is 0 Å². The van der Waals surface area contributed by atoms with E-state index in [1.54, 1.807) is 7.11 Å². The molecule has 0 aliphatic carbocycles. The van der Waals surface area contributed by atoms with Crippen LogP contribution in [0.15, 0.2) is 24.3 Å². The fourth-order valence-corrected chi connectivity index (χ4v) is 1.94. The highest BCUT2D eigenvalue weighted by atomic mass is 16.5. The van der Waals surface area contributed by atoms with Crippen LogP contribution >= 0.6 is 0 Å². The number of rotatable bonds is 9. The zero-order chi connectivity index (χ0) is 13.2. The van der Waals surface area contributed by atoms with E-state index >= 15 is 0 Å². The highest BCUT2D eigenvalue weighted by molar-refractivity contribution is 5.33. The molecule has 0 saturated carbocycles. The predicted octanol–water partition coefficient (Wildman–Crippen LogP) is 2.66. The topological polar surface area (TPSA) is 38.7 Å². The summed E-state index contributed by atoms with van der Waals surface area (Å²) in [6.07, 6.45) is 2.75. The molecule has 0 aliphatic heterocycles. The first-order valence-corrected chi connectivity index (χ1v) is 6.62. The zero-order valence-electron chi connectivity index (χ0n) is 11.4. The van der Waals surface area contributed by atoms with E-state index < -0.39 is 0 Å². The monoisotopic (exact) mass is 252 g/mol. The van der Waals surface area contributed by atoms with Crippen molar-refractivity contribution in [1.82, 2.24) is 0 Å². The second kappa shape index (κ2) is 8.95. The molecule has 1 atom stereocenters. The lowest BCUT2D eigenvalue weighted by Gasteiger charge is -2.16. The summed E-state index contributed by atoms with van der Waals surface area (Å²) < 4.78 is 10.8. The third-order valence-corrected chi connectivity index (χ3v) is 2.98. The average Bonchev–Trinajstić information content (AvgIpc) is 2.42. The summed E-state index contributed by atoms with van der Waals surface area (Å²) in [5.41, 5.74) is 1.15. The Labute approximate surface area is 110 Å². The van der Waals surface area contributed by atoms with Gasteiger partial charge >= 0.3 is 0 Å². The van der Waals surface area contributed by atoms with Crippen LogP contribution in [0.2, 0.25) is 0 Å². The molecule has 3 nitrogen and oxygen atoms in total. The summed E-state index contributed by atoms with van der Waals surface area (Å²) in [5, 5.41) is 9.41. The van der Waals surface area contributed by atoms with Crippen molar-refractivity contribution in [1.29, 1.82) is 0 Å². The summed E-state index contributed by atoms with van der Waals surface area (Å²) in [7, 11) is 1.68. The third-order valence-electron chi connectivity index (χ3n) is 2.98. The summed E-state index contributed by atoms with van der Waals surface area (Å²) in [4.78, 5) is 0. The molecule has 3 heteroatoms. The van der Waals surface area contributed by atoms with Crippen LogP contribution < -0.4 is 4.74 Å².